The van der Waals surface area contributed by atoms with Crippen molar-refractivity contribution in [1.29, 1.82) is 0 Å². The van der Waals surface area contributed by atoms with Gasteiger partial charge < -0.3 is 5.73 Å². The predicted octanol–water partition coefficient (Wildman–Crippen LogP) is 1.86. The van der Waals surface area contributed by atoms with Crippen molar-refractivity contribution < 1.29 is 9.59 Å². The number of piperidine rings is 1. The second-order valence-corrected chi connectivity index (χ2v) is 5.93. The van der Waals surface area contributed by atoms with Crippen molar-refractivity contribution in [1.82, 2.24) is 4.90 Å². The topological polar surface area (TPSA) is 63.4 Å². The number of hydrogen-bond donors (Lipinski definition) is 1. The summed E-state index contributed by atoms with van der Waals surface area (Å²) in [6.07, 6.45) is 0.806. The smallest absolute Gasteiger partial charge is 0.229 e. The maximum absolute atomic E-state index is 12.0. The van der Waals surface area contributed by atoms with Gasteiger partial charge in [-0.25, -0.2) is 0 Å². The van der Waals surface area contributed by atoms with E-state index in [1.165, 1.54) is 4.90 Å². The van der Waals surface area contributed by atoms with Gasteiger partial charge in [0.25, 0.3) is 0 Å². The van der Waals surface area contributed by atoms with Gasteiger partial charge in [-0.05, 0) is 11.0 Å². The third-order valence-electron chi connectivity index (χ3n) is 3.47. The number of amides is 2. The maximum Gasteiger partial charge on any atom is 0.229 e. The lowest BCUT2D eigenvalue weighted by Gasteiger charge is -2.35. The highest BCUT2D eigenvalue weighted by molar-refractivity contribution is 5.98. The van der Waals surface area contributed by atoms with Crippen LogP contribution in [0.4, 0.5) is 0 Å². The normalized spacial score (nSPS) is 20.5. The van der Waals surface area contributed by atoms with E-state index < -0.39 is 0 Å². The zero-order chi connectivity index (χ0) is 14.0. The number of imide groups is 1. The second kappa shape index (κ2) is 5.13. The largest absolute Gasteiger partial charge is 0.322 e. The molecule has 0 aliphatic carbocycles. The fraction of sp³-hybridized carbons (Fsp3) is 0.467. The SMILES string of the molecule is CC1(C)CC(=O)N(CC(N)c2ccccc2)C(=O)C1. The van der Waals surface area contributed by atoms with Crippen LogP contribution in [0.3, 0.4) is 0 Å². The zero-order valence-electron chi connectivity index (χ0n) is 11.4. The number of hydrogen-bond acceptors (Lipinski definition) is 3. The van der Waals surface area contributed by atoms with Crippen molar-refractivity contribution in [2.75, 3.05) is 6.54 Å². The lowest BCUT2D eigenvalue weighted by atomic mass is 9.81. The summed E-state index contributed by atoms with van der Waals surface area (Å²) in [5.74, 6) is -0.236. The molecule has 0 bridgehead atoms. The molecule has 19 heavy (non-hydrogen) atoms. The highest BCUT2D eigenvalue weighted by Gasteiger charge is 2.37. The molecule has 0 saturated carbocycles. The van der Waals surface area contributed by atoms with Crippen LogP contribution in [0.25, 0.3) is 0 Å². The number of carbonyl (C=O) groups excluding carboxylic acids is 2. The van der Waals surface area contributed by atoms with Crippen molar-refractivity contribution in [3.05, 3.63) is 35.9 Å². The van der Waals surface area contributed by atoms with Gasteiger partial charge in [0, 0.05) is 25.4 Å². The van der Waals surface area contributed by atoms with Gasteiger partial charge in [-0.3, -0.25) is 14.5 Å². The molecule has 1 saturated heterocycles. The van der Waals surface area contributed by atoms with Crippen molar-refractivity contribution in [3.63, 3.8) is 0 Å². The molecule has 2 rings (SSSR count). The van der Waals surface area contributed by atoms with E-state index in [-0.39, 0.29) is 29.8 Å². The Morgan fingerprint density at radius 3 is 2.21 bits per heavy atom. The van der Waals surface area contributed by atoms with Crippen LogP contribution >= 0.6 is 0 Å². The molecule has 0 spiro atoms. The van der Waals surface area contributed by atoms with Crippen LogP contribution in [-0.4, -0.2) is 23.3 Å². The van der Waals surface area contributed by atoms with Crippen molar-refractivity contribution in [3.8, 4) is 0 Å². The average molecular weight is 260 g/mol. The molecule has 1 aliphatic rings. The van der Waals surface area contributed by atoms with Crippen molar-refractivity contribution in [2.24, 2.45) is 11.1 Å². The first-order valence-corrected chi connectivity index (χ1v) is 6.53. The zero-order valence-corrected chi connectivity index (χ0v) is 11.4. The summed E-state index contributed by atoms with van der Waals surface area (Å²) in [6.45, 7) is 4.15. The Morgan fingerprint density at radius 2 is 1.68 bits per heavy atom. The molecule has 4 heteroatoms. The molecule has 1 aromatic rings. The molecule has 2 amide bonds. The fourth-order valence-electron chi connectivity index (χ4n) is 2.42. The molecule has 1 heterocycles. The third kappa shape index (κ3) is 3.20. The lowest BCUT2D eigenvalue weighted by molar-refractivity contribution is -0.152. The number of likely N-dealkylation sites (tertiary alicyclic amines) is 1. The Morgan fingerprint density at radius 1 is 1.16 bits per heavy atom. The minimum atomic E-state index is -0.324. The summed E-state index contributed by atoms with van der Waals surface area (Å²) < 4.78 is 0. The maximum atomic E-state index is 12.0. The van der Waals surface area contributed by atoms with Gasteiger partial charge in [0.2, 0.25) is 11.8 Å². The third-order valence-corrected chi connectivity index (χ3v) is 3.47. The predicted molar refractivity (Wildman–Crippen MR) is 73.1 cm³/mol. The van der Waals surface area contributed by atoms with E-state index in [4.69, 9.17) is 5.73 Å². The molecule has 4 nitrogen and oxygen atoms in total. The summed E-state index contributed by atoms with van der Waals surface area (Å²) in [5, 5.41) is 0. The molecule has 102 valence electrons. The fourth-order valence-corrected chi connectivity index (χ4v) is 2.42. The van der Waals surface area contributed by atoms with E-state index in [1.807, 2.05) is 44.2 Å². The Balaban J connectivity index is 2.07. The van der Waals surface area contributed by atoms with E-state index in [9.17, 15) is 9.59 Å². The molecule has 0 radical (unpaired) electrons. The van der Waals surface area contributed by atoms with Gasteiger partial charge >= 0.3 is 0 Å². The highest BCUT2D eigenvalue weighted by Crippen LogP contribution is 2.32. The Bertz CT molecular complexity index is 462. The van der Waals surface area contributed by atoms with Gasteiger partial charge in [0.1, 0.15) is 0 Å². The summed E-state index contributed by atoms with van der Waals surface area (Å²) in [6, 6.07) is 9.21. The van der Waals surface area contributed by atoms with Gasteiger partial charge in [-0.15, -0.1) is 0 Å². The van der Waals surface area contributed by atoms with E-state index in [0.29, 0.717) is 12.8 Å². The molecule has 0 aromatic heterocycles. The number of rotatable bonds is 3. The number of nitrogens with zero attached hydrogens (tertiary/aromatic N) is 1. The van der Waals surface area contributed by atoms with Crippen LogP contribution in [-0.2, 0) is 9.59 Å². The first-order chi connectivity index (χ1) is 8.89. The summed E-state index contributed by atoms with van der Waals surface area (Å²) >= 11 is 0. The van der Waals surface area contributed by atoms with Crippen LogP contribution < -0.4 is 5.73 Å². The first kappa shape index (κ1) is 13.7. The Kier molecular flexibility index (Phi) is 3.71. The van der Waals surface area contributed by atoms with E-state index in [0.717, 1.165) is 5.56 Å². The minimum Gasteiger partial charge on any atom is -0.322 e. The molecular formula is C15H20N2O2. The van der Waals surface area contributed by atoms with Gasteiger partial charge in [0.15, 0.2) is 0 Å². The number of carbonyl (C=O) groups is 2. The lowest BCUT2D eigenvalue weighted by Crippen LogP contribution is -2.48. The first-order valence-electron chi connectivity index (χ1n) is 6.53. The monoisotopic (exact) mass is 260 g/mol. The molecule has 1 aromatic carbocycles. The van der Waals surface area contributed by atoms with Crippen LogP contribution in [0.2, 0.25) is 0 Å². The van der Waals surface area contributed by atoms with E-state index in [1.54, 1.807) is 0 Å². The molecule has 1 atom stereocenters. The highest BCUT2D eigenvalue weighted by atomic mass is 16.2. The molecule has 2 N–H and O–H groups in total. The van der Waals surface area contributed by atoms with Crippen LogP contribution in [0, 0.1) is 5.41 Å². The Labute approximate surface area is 113 Å². The second-order valence-electron chi connectivity index (χ2n) is 5.93. The van der Waals surface area contributed by atoms with Crippen molar-refractivity contribution >= 4 is 11.8 Å². The molecular weight excluding hydrogens is 240 g/mol. The van der Waals surface area contributed by atoms with Gasteiger partial charge in [-0.1, -0.05) is 44.2 Å². The number of nitrogens with two attached hydrogens (primary N) is 1. The van der Waals surface area contributed by atoms with E-state index >= 15 is 0 Å². The van der Waals surface area contributed by atoms with Crippen LogP contribution in [0.5, 0.6) is 0 Å². The van der Waals surface area contributed by atoms with Crippen LogP contribution in [0.15, 0.2) is 30.3 Å². The summed E-state index contributed by atoms with van der Waals surface area (Å²) in [5.41, 5.74) is 6.78. The van der Waals surface area contributed by atoms with Gasteiger partial charge in [0.05, 0.1) is 0 Å². The van der Waals surface area contributed by atoms with Crippen molar-refractivity contribution in [2.45, 2.75) is 32.7 Å². The summed E-state index contributed by atoms with van der Waals surface area (Å²) in [7, 11) is 0. The molecule has 1 aliphatic heterocycles. The van der Waals surface area contributed by atoms with E-state index in [2.05, 4.69) is 0 Å². The van der Waals surface area contributed by atoms with Gasteiger partial charge in [-0.2, -0.15) is 0 Å². The summed E-state index contributed by atoms with van der Waals surface area (Å²) in [4.78, 5) is 25.4. The van der Waals surface area contributed by atoms with Crippen LogP contribution in [0.1, 0.15) is 38.3 Å². The standard InChI is InChI=1S/C15H20N2O2/c1-15(2)8-13(18)17(14(19)9-15)10-12(16)11-6-4-3-5-7-11/h3-7,12H,8-10,16H2,1-2H3. The Hall–Kier alpha value is -1.68. The quantitative estimate of drug-likeness (QED) is 0.844. The number of benzene rings is 1. The average Bonchev–Trinajstić information content (AvgIpc) is 2.33. The molecule has 1 fully saturated rings. The molecule has 1 unspecified atom stereocenters. The minimum absolute atomic E-state index is 0.118.